The maximum atomic E-state index is 6.57. The maximum absolute atomic E-state index is 6.57. The number of aromatic amines is 2. The zero-order valence-electron chi connectivity index (χ0n) is 13.3. The van der Waals surface area contributed by atoms with E-state index in [-0.39, 0.29) is 0 Å². The van der Waals surface area contributed by atoms with Gasteiger partial charge in [-0.2, -0.15) is 10.2 Å². The number of halogens is 1. The molecule has 0 atom stereocenters. The fourth-order valence-electron chi connectivity index (χ4n) is 3.90. The summed E-state index contributed by atoms with van der Waals surface area (Å²) in [6.45, 7) is 2.03. The Hall–Kier alpha value is -2.40. The number of nitrogens with one attached hydrogen (secondary N) is 2. The lowest BCUT2D eigenvalue weighted by molar-refractivity contribution is 0.689. The van der Waals surface area contributed by atoms with Gasteiger partial charge in [-0.3, -0.25) is 10.2 Å². The molecule has 6 heteroatoms. The number of rotatable bonds is 1. The van der Waals surface area contributed by atoms with Gasteiger partial charge in [-0.05, 0) is 49.8 Å². The highest BCUT2D eigenvalue weighted by Gasteiger charge is 2.23. The van der Waals surface area contributed by atoms with E-state index in [1.165, 1.54) is 24.0 Å². The number of aryl methyl sites for hydroxylation is 2. The van der Waals surface area contributed by atoms with E-state index in [0.717, 1.165) is 51.6 Å². The van der Waals surface area contributed by atoms with Crippen molar-refractivity contribution in [3.05, 3.63) is 40.3 Å². The minimum Gasteiger partial charge on any atom is -0.282 e. The molecule has 2 N–H and O–H groups in total. The van der Waals surface area contributed by atoms with Crippen molar-refractivity contribution in [1.82, 2.24) is 25.4 Å². The van der Waals surface area contributed by atoms with Crippen LogP contribution in [0.3, 0.4) is 0 Å². The first kappa shape index (κ1) is 14.0. The summed E-state index contributed by atoms with van der Waals surface area (Å²) in [5, 5.41) is 17.4. The minimum atomic E-state index is 0.664. The summed E-state index contributed by atoms with van der Waals surface area (Å²) < 4.78 is 0. The molecule has 3 heterocycles. The molecule has 0 radical (unpaired) electrons. The number of fused-ring (bicyclic) bond motifs is 5. The Kier molecular flexibility index (Phi) is 2.94. The molecule has 1 aliphatic rings. The van der Waals surface area contributed by atoms with Gasteiger partial charge in [-0.1, -0.05) is 11.6 Å². The fourth-order valence-corrected chi connectivity index (χ4v) is 4.14. The van der Waals surface area contributed by atoms with Crippen LogP contribution in [0.15, 0.2) is 18.5 Å². The van der Waals surface area contributed by atoms with E-state index in [9.17, 15) is 0 Å². The van der Waals surface area contributed by atoms with Gasteiger partial charge in [0.15, 0.2) is 0 Å². The van der Waals surface area contributed by atoms with E-state index in [0.29, 0.717) is 5.02 Å². The molecule has 0 spiro atoms. The van der Waals surface area contributed by atoms with Gasteiger partial charge in [-0.15, -0.1) is 0 Å². The van der Waals surface area contributed by atoms with Crippen molar-refractivity contribution < 1.29 is 0 Å². The highest BCUT2D eigenvalue weighted by atomic mass is 35.5. The molecule has 0 saturated carbocycles. The average Bonchev–Trinajstić information content (AvgIpc) is 3.22. The monoisotopic (exact) mass is 337 g/mol. The largest absolute Gasteiger partial charge is 0.282 e. The molecule has 0 aliphatic heterocycles. The van der Waals surface area contributed by atoms with E-state index < -0.39 is 0 Å². The Labute approximate surface area is 143 Å². The van der Waals surface area contributed by atoms with E-state index >= 15 is 0 Å². The second-order valence-corrected chi connectivity index (χ2v) is 6.85. The average molecular weight is 338 g/mol. The van der Waals surface area contributed by atoms with E-state index in [1.54, 1.807) is 0 Å². The van der Waals surface area contributed by atoms with Crippen molar-refractivity contribution in [2.24, 2.45) is 0 Å². The molecule has 0 saturated heterocycles. The van der Waals surface area contributed by atoms with Gasteiger partial charge in [0.25, 0.3) is 0 Å². The Balaban J connectivity index is 1.98. The zero-order chi connectivity index (χ0) is 16.3. The second kappa shape index (κ2) is 5.05. The Bertz CT molecular complexity index is 1090. The molecule has 0 unspecified atom stereocenters. The molecular formula is C18H16ClN5. The van der Waals surface area contributed by atoms with Crippen LogP contribution in [0, 0.1) is 6.92 Å². The molecule has 0 amide bonds. The molecular weight excluding hydrogens is 322 g/mol. The molecule has 0 fully saturated rings. The molecule has 4 aromatic rings. The van der Waals surface area contributed by atoms with Crippen LogP contribution in [0.1, 0.15) is 29.7 Å². The Morgan fingerprint density at radius 3 is 2.62 bits per heavy atom. The van der Waals surface area contributed by atoms with Gasteiger partial charge in [0, 0.05) is 22.0 Å². The predicted molar refractivity (Wildman–Crippen MR) is 95.4 cm³/mol. The summed E-state index contributed by atoms with van der Waals surface area (Å²) in [5.74, 6) is 0. The molecule has 120 valence electrons. The van der Waals surface area contributed by atoms with Crippen LogP contribution < -0.4 is 0 Å². The maximum Gasteiger partial charge on any atom is 0.0906 e. The first-order valence-corrected chi connectivity index (χ1v) is 8.59. The second-order valence-electron chi connectivity index (χ2n) is 6.45. The molecule has 3 aromatic heterocycles. The number of hydrogen-bond donors (Lipinski definition) is 2. The first-order chi connectivity index (χ1) is 11.7. The molecule has 1 aromatic carbocycles. The summed E-state index contributed by atoms with van der Waals surface area (Å²) in [6.07, 6.45) is 8.24. The molecule has 0 bridgehead atoms. The van der Waals surface area contributed by atoms with Crippen molar-refractivity contribution in [2.75, 3.05) is 0 Å². The molecule has 5 nitrogen and oxygen atoms in total. The lowest BCUT2D eigenvalue weighted by atomic mass is 9.85. The summed E-state index contributed by atoms with van der Waals surface area (Å²) in [7, 11) is 0. The highest BCUT2D eigenvalue weighted by molar-refractivity contribution is 6.37. The van der Waals surface area contributed by atoms with Gasteiger partial charge in [-0.25, -0.2) is 4.98 Å². The smallest absolute Gasteiger partial charge is 0.0906 e. The number of benzene rings is 1. The lowest BCUT2D eigenvalue weighted by Gasteiger charge is -2.22. The van der Waals surface area contributed by atoms with Crippen molar-refractivity contribution in [3.8, 4) is 11.3 Å². The Morgan fingerprint density at radius 1 is 1.04 bits per heavy atom. The van der Waals surface area contributed by atoms with Crippen molar-refractivity contribution in [3.63, 3.8) is 0 Å². The van der Waals surface area contributed by atoms with Crippen LogP contribution in [0.4, 0.5) is 0 Å². The van der Waals surface area contributed by atoms with Gasteiger partial charge < -0.3 is 0 Å². The third kappa shape index (κ3) is 1.85. The van der Waals surface area contributed by atoms with Crippen LogP contribution in [0.2, 0.25) is 5.02 Å². The summed E-state index contributed by atoms with van der Waals surface area (Å²) in [4.78, 5) is 4.99. The van der Waals surface area contributed by atoms with Crippen molar-refractivity contribution in [1.29, 1.82) is 0 Å². The number of nitrogens with zero attached hydrogens (tertiary/aromatic N) is 3. The predicted octanol–water partition coefficient (Wildman–Crippen LogP) is 4.34. The topological polar surface area (TPSA) is 70.2 Å². The van der Waals surface area contributed by atoms with E-state index in [4.69, 9.17) is 16.6 Å². The highest BCUT2D eigenvalue weighted by Crippen LogP contribution is 2.40. The Morgan fingerprint density at radius 2 is 1.83 bits per heavy atom. The molecule has 24 heavy (non-hydrogen) atoms. The van der Waals surface area contributed by atoms with Crippen LogP contribution in [-0.2, 0) is 12.8 Å². The number of pyridine rings is 1. The SMILES string of the molecule is Cc1[nH]ncc1-c1nc2c(Cl)cc3[nH]ncc3c2c2c1CCCC2. The summed E-state index contributed by atoms with van der Waals surface area (Å²) >= 11 is 6.57. The molecule has 1 aliphatic carbocycles. The number of H-pyrrole nitrogens is 2. The number of hydrogen-bond acceptors (Lipinski definition) is 3. The van der Waals surface area contributed by atoms with Gasteiger partial charge in [0.1, 0.15) is 0 Å². The summed E-state index contributed by atoms with van der Waals surface area (Å²) in [5.41, 5.74) is 7.66. The zero-order valence-corrected chi connectivity index (χ0v) is 14.0. The van der Waals surface area contributed by atoms with E-state index in [1.807, 2.05) is 25.4 Å². The van der Waals surface area contributed by atoms with Crippen LogP contribution in [-0.4, -0.2) is 25.4 Å². The van der Waals surface area contributed by atoms with Crippen LogP contribution in [0.5, 0.6) is 0 Å². The minimum absolute atomic E-state index is 0.664. The normalized spacial score (nSPS) is 14.4. The third-order valence-electron chi connectivity index (χ3n) is 5.04. The van der Waals surface area contributed by atoms with Crippen LogP contribution >= 0.6 is 11.6 Å². The standard InChI is InChI=1S/C18H16ClN5/c1-9-12(7-20-23-9)17-11-5-3-2-4-10(11)16-13-8-21-24-15(13)6-14(19)18(16)22-17/h6-8H,2-5H2,1H3,(H,20,23)(H,21,24). The lowest BCUT2D eigenvalue weighted by Crippen LogP contribution is -2.08. The quantitative estimate of drug-likeness (QED) is 0.542. The summed E-state index contributed by atoms with van der Waals surface area (Å²) in [6, 6.07) is 1.92. The van der Waals surface area contributed by atoms with Crippen molar-refractivity contribution >= 4 is 33.4 Å². The number of aromatic nitrogens is 5. The van der Waals surface area contributed by atoms with Gasteiger partial charge in [0.2, 0.25) is 0 Å². The van der Waals surface area contributed by atoms with Crippen molar-refractivity contribution in [2.45, 2.75) is 32.6 Å². The third-order valence-corrected chi connectivity index (χ3v) is 5.32. The first-order valence-electron chi connectivity index (χ1n) is 8.21. The van der Waals surface area contributed by atoms with Gasteiger partial charge >= 0.3 is 0 Å². The molecule has 5 rings (SSSR count). The fraction of sp³-hybridized carbons (Fsp3) is 0.278. The van der Waals surface area contributed by atoms with Crippen LogP contribution in [0.25, 0.3) is 33.1 Å². The van der Waals surface area contributed by atoms with Gasteiger partial charge in [0.05, 0.1) is 34.1 Å². The van der Waals surface area contributed by atoms with E-state index in [2.05, 4.69) is 20.4 Å².